The summed E-state index contributed by atoms with van der Waals surface area (Å²) in [5.41, 5.74) is 6.27. The van der Waals surface area contributed by atoms with Crippen molar-refractivity contribution in [2.75, 3.05) is 5.32 Å². The molecule has 0 spiro atoms. The number of benzene rings is 2. The molecule has 0 radical (unpaired) electrons. The van der Waals surface area contributed by atoms with Gasteiger partial charge in [0.1, 0.15) is 10.8 Å². The molecule has 0 fully saturated rings. The quantitative estimate of drug-likeness (QED) is 0.614. The monoisotopic (exact) mass is 400 g/mol. The summed E-state index contributed by atoms with van der Waals surface area (Å²) >= 11 is 6.96. The maximum Gasteiger partial charge on any atom is 0.255 e. The molecule has 3 nitrogen and oxygen atoms in total. The lowest BCUT2D eigenvalue weighted by molar-refractivity contribution is 0.102. The third-order valence-corrected chi connectivity index (χ3v) is 3.54. The fourth-order valence-corrected chi connectivity index (χ4v) is 2.24. The van der Waals surface area contributed by atoms with Crippen LogP contribution in [0.3, 0.4) is 0 Å². The Bertz CT molecular complexity index is 673. The van der Waals surface area contributed by atoms with E-state index in [9.17, 15) is 9.18 Å². The molecule has 0 unspecified atom stereocenters. The summed E-state index contributed by atoms with van der Waals surface area (Å²) in [5, 5.41) is 2.62. The lowest BCUT2D eigenvalue weighted by Crippen LogP contribution is -2.19. The van der Waals surface area contributed by atoms with Crippen molar-refractivity contribution >= 4 is 51.4 Å². The number of nitrogens with one attached hydrogen (secondary N) is 1. The van der Waals surface area contributed by atoms with Crippen LogP contribution in [0.5, 0.6) is 0 Å². The number of carbonyl (C=O) groups excluding carboxylic acids is 1. The Morgan fingerprint density at radius 2 is 1.85 bits per heavy atom. The van der Waals surface area contributed by atoms with Crippen molar-refractivity contribution < 1.29 is 9.18 Å². The summed E-state index contributed by atoms with van der Waals surface area (Å²) in [7, 11) is 0. The molecular weight excluding hydrogens is 390 g/mol. The Kier molecular flexibility index (Phi) is 4.66. The van der Waals surface area contributed by atoms with Crippen molar-refractivity contribution in [3.8, 4) is 0 Å². The van der Waals surface area contributed by atoms with Gasteiger partial charge in [0.15, 0.2) is 0 Å². The number of hydrogen-bond donors (Lipinski definition) is 2. The number of anilines is 1. The average molecular weight is 400 g/mol. The summed E-state index contributed by atoms with van der Waals surface area (Å²) in [4.78, 5) is 12.0. The molecule has 3 N–H and O–H groups in total. The zero-order chi connectivity index (χ0) is 14.7. The topological polar surface area (TPSA) is 55.1 Å². The molecule has 0 aromatic heterocycles. The van der Waals surface area contributed by atoms with Gasteiger partial charge < -0.3 is 11.1 Å². The van der Waals surface area contributed by atoms with Gasteiger partial charge in [0.05, 0.1) is 11.3 Å². The van der Waals surface area contributed by atoms with Gasteiger partial charge in [-0.05, 0) is 59.0 Å². The van der Waals surface area contributed by atoms with E-state index in [4.69, 9.17) is 18.0 Å². The number of amides is 1. The molecule has 0 bridgehead atoms. The molecule has 6 heteroatoms. The predicted molar refractivity (Wildman–Crippen MR) is 89.4 cm³/mol. The van der Waals surface area contributed by atoms with Crippen LogP contribution in [-0.4, -0.2) is 10.9 Å². The molecule has 1 amide bonds. The van der Waals surface area contributed by atoms with Crippen molar-refractivity contribution in [1.29, 1.82) is 0 Å². The second kappa shape index (κ2) is 6.27. The van der Waals surface area contributed by atoms with E-state index in [2.05, 4.69) is 27.9 Å². The van der Waals surface area contributed by atoms with Crippen molar-refractivity contribution in [2.24, 2.45) is 5.73 Å². The number of halogens is 2. The zero-order valence-corrected chi connectivity index (χ0v) is 13.2. The standard InChI is InChI=1S/C14H10FIN2OS/c15-10-2-1-3-11(12(10)13(17)20)18-14(19)8-4-6-9(16)7-5-8/h1-7H,(H2,17,20)(H,18,19). The third kappa shape index (κ3) is 3.31. The summed E-state index contributed by atoms with van der Waals surface area (Å²) in [6.07, 6.45) is 0. The smallest absolute Gasteiger partial charge is 0.255 e. The second-order valence-corrected chi connectivity index (χ2v) is 5.67. The highest BCUT2D eigenvalue weighted by Crippen LogP contribution is 2.20. The molecule has 0 saturated heterocycles. The Morgan fingerprint density at radius 1 is 1.20 bits per heavy atom. The van der Waals surface area contributed by atoms with E-state index in [-0.39, 0.29) is 22.1 Å². The Hall–Kier alpha value is -1.54. The lowest BCUT2D eigenvalue weighted by atomic mass is 10.1. The maximum absolute atomic E-state index is 13.7. The molecule has 2 rings (SSSR count). The first-order valence-electron chi connectivity index (χ1n) is 5.64. The van der Waals surface area contributed by atoms with Gasteiger partial charge in [0.2, 0.25) is 0 Å². The van der Waals surface area contributed by atoms with Crippen molar-refractivity contribution in [1.82, 2.24) is 0 Å². The number of nitrogens with two attached hydrogens (primary N) is 1. The highest BCUT2D eigenvalue weighted by atomic mass is 127. The SMILES string of the molecule is NC(=S)c1c(F)cccc1NC(=O)c1ccc(I)cc1. The van der Waals surface area contributed by atoms with E-state index in [0.29, 0.717) is 5.56 Å². The van der Waals surface area contributed by atoms with Crippen LogP contribution in [0, 0.1) is 9.39 Å². The van der Waals surface area contributed by atoms with Crippen LogP contribution in [0.25, 0.3) is 0 Å². The maximum atomic E-state index is 13.7. The van der Waals surface area contributed by atoms with Gasteiger partial charge in [-0.25, -0.2) is 4.39 Å². The van der Waals surface area contributed by atoms with E-state index >= 15 is 0 Å². The summed E-state index contributed by atoms with van der Waals surface area (Å²) < 4.78 is 14.7. The van der Waals surface area contributed by atoms with Gasteiger partial charge in [0, 0.05) is 9.13 Å². The Labute approximate surface area is 134 Å². The number of rotatable bonds is 3. The molecule has 0 heterocycles. The Morgan fingerprint density at radius 3 is 2.45 bits per heavy atom. The predicted octanol–water partition coefficient (Wildman–Crippen LogP) is 3.32. The fourth-order valence-electron chi connectivity index (χ4n) is 1.67. The molecule has 0 atom stereocenters. The molecule has 20 heavy (non-hydrogen) atoms. The summed E-state index contributed by atoms with van der Waals surface area (Å²) in [6.45, 7) is 0. The van der Waals surface area contributed by atoms with Crippen molar-refractivity contribution in [3.63, 3.8) is 0 Å². The van der Waals surface area contributed by atoms with Gasteiger partial charge in [0.25, 0.3) is 5.91 Å². The first kappa shape index (κ1) is 14.9. The molecule has 2 aromatic carbocycles. The minimum absolute atomic E-state index is 0.0429. The van der Waals surface area contributed by atoms with Crippen LogP contribution in [-0.2, 0) is 0 Å². The molecule has 0 aliphatic carbocycles. The molecule has 102 valence electrons. The Balaban J connectivity index is 2.30. The largest absolute Gasteiger partial charge is 0.389 e. The number of carbonyl (C=O) groups is 1. The number of hydrogen-bond acceptors (Lipinski definition) is 2. The fraction of sp³-hybridized carbons (Fsp3) is 0. The molecule has 0 aliphatic rings. The van der Waals surface area contributed by atoms with Crippen molar-refractivity contribution in [3.05, 3.63) is 63.0 Å². The highest BCUT2D eigenvalue weighted by molar-refractivity contribution is 14.1. The first-order chi connectivity index (χ1) is 9.49. The zero-order valence-electron chi connectivity index (χ0n) is 10.2. The van der Waals surface area contributed by atoms with Crippen LogP contribution in [0.1, 0.15) is 15.9 Å². The minimum Gasteiger partial charge on any atom is -0.389 e. The van der Waals surface area contributed by atoms with Crippen LogP contribution in [0.4, 0.5) is 10.1 Å². The third-order valence-electron chi connectivity index (χ3n) is 2.61. The van der Waals surface area contributed by atoms with E-state index < -0.39 is 5.82 Å². The van der Waals surface area contributed by atoms with Crippen LogP contribution in [0.15, 0.2) is 42.5 Å². The number of thiocarbonyl (C=S) groups is 1. The normalized spacial score (nSPS) is 10.1. The molecular formula is C14H10FIN2OS. The van der Waals surface area contributed by atoms with Crippen LogP contribution in [0.2, 0.25) is 0 Å². The van der Waals surface area contributed by atoms with Gasteiger partial charge >= 0.3 is 0 Å². The van der Waals surface area contributed by atoms with Gasteiger partial charge in [-0.1, -0.05) is 18.3 Å². The van der Waals surface area contributed by atoms with Gasteiger partial charge in [-0.15, -0.1) is 0 Å². The highest BCUT2D eigenvalue weighted by Gasteiger charge is 2.14. The molecule has 0 saturated carbocycles. The van der Waals surface area contributed by atoms with Crippen LogP contribution >= 0.6 is 34.8 Å². The van der Waals surface area contributed by atoms with E-state index in [1.807, 2.05) is 12.1 Å². The first-order valence-corrected chi connectivity index (χ1v) is 7.13. The van der Waals surface area contributed by atoms with Crippen LogP contribution < -0.4 is 11.1 Å². The van der Waals surface area contributed by atoms with E-state index in [1.165, 1.54) is 12.1 Å². The van der Waals surface area contributed by atoms with Gasteiger partial charge in [-0.2, -0.15) is 0 Å². The van der Waals surface area contributed by atoms with E-state index in [1.54, 1.807) is 18.2 Å². The molecule has 0 aliphatic heterocycles. The average Bonchev–Trinajstić information content (AvgIpc) is 2.39. The second-order valence-electron chi connectivity index (χ2n) is 3.99. The molecule has 2 aromatic rings. The summed E-state index contributed by atoms with van der Waals surface area (Å²) in [6, 6.07) is 11.3. The lowest BCUT2D eigenvalue weighted by Gasteiger charge is -2.11. The van der Waals surface area contributed by atoms with E-state index in [0.717, 1.165) is 3.57 Å². The summed E-state index contributed by atoms with van der Waals surface area (Å²) in [5.74, 6) is -0.901. The minimum atomic E-state index is -0.557. The van der Waals surface area contributed by atoms with Gasteiger partial charge in [-0.3, -0.25) is 4.79 Å². The van der Waals surface area contributed by atoms with Crippen molar-refractivity contribution in [2.45, 2.75) is 0 Å².